The van der Waals surface area contributed by atoms with Crippen molar-refractivity contribution in [2.45, 2.75) is 38.0 Å². The van der Waals surface area contributed by atoms with Gasteiger partial charge in [0.1, 0.15) is 12.2 Å². The molecule has 1 spiro atoms. The fourth-order valence-electron chi connectivity index (χ4n) is 3.38. The molecule has 0 bridgehead atoms. The summed E-state index contributed by atoms with van der Waals surface area (Å²) in [5.74, 6) is -0.743. The lowest BCUT2D eigenvalue weighted by Gasteiger charge is -2.32. The highest BCUT2D eigenvalue weighted by molar-refractivity contribution is 5.98. The molecular weight excluding hydrogens is 256 g/mol. The molecule has 1 aliphatic carbocycles. The van der Waals surface area contributed by atoms with Crippen LogP contribution in [0.3, 0.4) is 0 Å². The Morgan fingerprint density at radius 3 is 2.60 bits per heavy atom. The summed E-state index contributed by atoms with van der Waals surface area (Å²) in [6.07, 6.45) is 2.09. The molecule has 1 N–H and O–H groups in total. The lowest BCUT2D eigenvalue weighted by molar-refractivity contribution is -0.137. The van der Waals surface area contributed by atoms with Crippen LogP contribution in [-0.4, -0.2) is 39.5 Å². The zero-order valence-corrected chi connectivity index (χ0v) is 12.1. The maximum atomic E-state index is 12.6. The zero-order chi connectivity index (χ0) is 14.7. The number of carboxylic acid groups (broad SMARTS) is 1. The largest absolute Gasteiger partial charge is 0.480 e. The van der Waals surface area contributed by atoms with Crippen LogP contribution >= 0.6 is 0 Å². The smallest absolute Gasteiger partial charge is 0.323 e. The topological polar surface area (TPSA) is 62.5 Å². The molecule has 2 aliphatic rings. The van der Waals surface area contributed by atoms with E-state index in [1.54, 1.807) is 0 Å². The lowest BCUT2D eigenvalue weighted by atomic mass is 9.90. The quantitative estimate of drug-likeness (QED) is 0.914. The van der Waals surface area contributed by atoms with Gasteiger partial charge < -0.3 is 14.6 Å². The Morgan fingerprint density at radius 2 is 2.10 bits per heavy atom. The average molecular weight is 276 g/mol. The molecule has 20 heavy (non-hydrogen) atoms. The first-order valence-corrected chi connectivity index (χ1v) is 7.07. The summed E-state index contributed by atoms with van der Waals surface area (Å²) < 4.78 is 1.95. The van der Waals surface area contributed by atoms with Crippen molar-refractivity contribution in [3.05, 3.63) is 23.0 Å². The van der Waals surface area contributed by atoms with E-state index in [0.29, 0.717) is 18.2 Å². The minimum absolute atomic E-state index is 0.0175. The molecule has 0 saturated heterocycles. The number of aliphatic carboxylic acids is 1. The maximum Gasteiger partial charge on any atom is 0.323 e. The van der Waals surface area contributed by atoms with E-state index in [1.807, 2.05) is 11.6 Å². The van der Waals surface area contributed by atoms with Crippen LogP contribution in [0.25, 0.3) is 0 Å². The molecule has 108 valence electrons. The first kappa shape index (κ1) is 13.2. The highest BCUT2D eigenvalue weighted by Crippen LogP contribution is 2.53. The normalized spacial score (nSPS) is 19.6. The highest BCUT2D eigenvalue weighted by Gasteiger charge is 2.53. The number of carbonyl (C=O) groups is 2. The Hall–Kier alpha value is -1.78. The molecule has 1 aromatic rings. The van der Waals surface area contributed by atoms with E-state index < -0.39 is 5.97 Å². The van der Waals surface area contributed by atoms with E-state index in [-0.39, 0.29) is 17.9 Å². The van der Waals surface area contributed by atoms with Gasteiger partial charge in [-0.05, 0) is 30.4 Å². The number of nitrogens with zero attached hydrogens (tertiary/aromatic N) is 2. The summed E-state index contributed by atoms with van der Waals surface area (Å²) in [6, 6.07) is 2.16. The van der Waals surface area contributed by atoms with Crippen LogP contribution in [0.2, 0.25) is 0 Å². The molecule has 2 heterocycles. The number of rotatable bonds is 3. The minimum atomic E-state index is -0.948. The second-order valence-corrected chi connectivity index (χ2v) is 6.38. The Bertz CT molecular complexity index is 597. The van der Waals surface area contributed by atoms with Gasteiger partial charge in [0.05, 0.1) is 0 Å². The third kappa shape index (κ3) is 1.76. The van der Waals surface area contributed by atoms with Crippen LogP contribution in [0, 0.1) is 0 Å². The number of hydrogen-bond donors (Lipinski definition) is 1. The third-order valence-corrected chi connectivity index (χ3v) is 4.60. The molecule has 0 radical (unpaired) electrons. The van der Waals surface area contributed by atoms with Gasteiger partial charge in [0, 0.05) is 24.7 Å². The Kier molecular flexibility index (Phi) is 2.71. The van der Waals surface area contributed by atoms with E-state index in [9.17, 15) is 9.59 Å². The van der Waals surface area contributed by atoms with Crippen molar-refractivity contribution in [2.75, 3.05) is 13.1 Å². The molecule has 0 aromatic carbocycles. The maximum absolute atomic E-state index is 12.6. The van der Waals surface area contributed by atoms with Gasteiger partial charge in [-0.1, -0.05) is 13.8 Å². The Labute approximate surface area is 118 Å². The van der Waals surface area contributed by atoms with Crippen molar-refractivity contribution >= 4 is 11.9 Å². The second kappa shape index (κ2) is 4.11. The summed E-state index contributed by atoms with van der Waals surface area (Å²) >= 11 is 0. The van der Waals surface area contributed by atoms with Crippen LogP contribution < -0.4 is 0 Å². The van der Waals surface area contributed by atoms with Crippen molar-refractivity contribution < 1.29 is 14.7 Å². The summed E-state index contributed by atoms with van der Waals surface area (Å²) in [6.45, 7) is 4.56. The van der Waals surface area contributed by atoms with Crippen LogP contribution in [0.1, 0.15) is 54.4 Å². The monoisotopic (exact) mass is 276 g/mol. The number of aromatic nitrogens is 1. The summed E-state index contributed by atoms with van der Waals surface area (Å²) in [5.41, 5.74) is 2.99. The van der Waals surface area contributed by atoms with E-state index in [1.165, 1.54) is 4.90 Å². The van der Waals surface area contributed by atoms with E-state index in [4.69, 9.17) is 5.11 Å². The molecule has 1 aromatic heterocycles. The molecule has 5 nitrogen and oxygen atoms in total. The first-order valence-electron chi connectivity index (χ1n) is 7.07. The SMILES string of the molecule is CC(C)c1cc2c(n1C)C(=O)N(CC(=O)O)CC21CC1. The van der Waals surface area contributed by atoms with Gasteiger partial charge in [0.2, 0.25) is 0 Å². The number of carbonyl (C=O) groups excluding carboxylic acids is 1. The van der Waals surface area contributed by atoms with Crippen molar-refractivity contribution in [3.63, 3.8) is 0 Å². The van der Waals surface area contributed by atoms with Crippen LogP contribution in [-0.2, 0) is 17.3 Å². The van der Waals surface area contributed by atoms with Crippen molar-refractivity contribution in [1.82, 2.24) is 9.47 Å². The third-order valence-electron chi connectivity index (χ3n) is 4.60. The first-order chi connectivity index (χ1) is 9.35. The average Bonchev–Trinajstić information content (AvgIpc) is 3.01. The molecule has 3 rings (SSSR count). The fraction of sp³-hybridized carbons (Fsp3) is 0.600. The highest BCUT2D eigenvalue weighted by atomic mass is 16.4. The van der Waals surface area contributed by atoms with Crippen LogP contribution in [0.5, 0.6) is 0 Å². The predicted octanol–water partition coefficient (Wildman–Crippen LogP) is 1.72. The van der Waals surface area contributed by atoms with E-state index >= 15 is 0 Å². The van der Waals surface area contributed by atoms with Crippen LogP contribution in [0.4, 0.5) is 0 Å². The second-order valence-electron chi connectivity index (χ2n) is 6.38. The Balaban J connectivity index is 2.09. The molecule has 1 fully saturated rings. The molecular formula is C15H20N2O3. The number of hydrogen-bond acceptors (Lipinski definition) is 2. The molecule has 1 amide bonds. The standard InChI is InChI=1S/C15H20N2O3/c1-9(2)11-6-10-13(16(11)3)14(20)17(7-12(18)19)8-15(10)4-5-15/h6,9H,4-5,7-8H2,1-3H3,(H,18,19). The number of amides is 1. The number of fused-ring (bicyclic) bond motifs is 2. The van der Waals surface area contributed by atoms with Gasteiger partial charge in [-0.15, -0.1) is 0 Å². The van der Waals surface area contributed by atoms with E-state index in [2.05, 4.69) is 19.9 Å². The van der Waals surface area contributed by atoms with Crippen LogP contribution in [0.15, 0.2) is 6.07 Å². The Morgan fingerprint density at radius 1 is 1.45 bits per heavy atom. The lowest BCUT2D eigenvalue weighted by Crippen LogP contribution is -2.46. The van der Waals surface area contributed by atoms with Gasteiger partial charge in [-0.2, -0.15) is 0 Å². The minimum Gasteiger partial charge on any atom is -0.480 e. The van der Waals surface area contributed by atoms with E-state index in [0.717, 1.165) is 24.1 Å². The van der Waals surface area contributed by atoms with Crippen molar-refractivity contribution in [2.24, 2.45) is 7.05 Å². The molecule has 0 unspecified atom stereocenters. The number of carboxylic acids is 1. The molecule has 0 atom stereocenters. The summed E-state index contributed by atoms with van der Waals surface area (Å²) in [7, 11) is 1.91. The summed E-state index contributed by atoms with van der Waals surface area (Å²) in [5, 5.41) is 8.98. The predicted molar refractivity (Wildman–Crippen MR) is 74.0 cm³/mol. The van der Waals surface area contributed by atoms with Crippen molar-refractivity contribution in [3.8, 4) is 0 Å². The van der Waals surface area contributed by atoms with Gasteiger partial charge in [-0.3, -0.25) is 9.59 Å². The fourth-order valence-corrected chi connectivity index (χ4v) is 3.38. The summed E-state index contributed by atoms with van der Waals surface area (Å²) in [4.78, 5) is 25.0. The molecule has 1 saturated carbocycles. The molecule has 1 aliphatic heterocycles. The zero-order valence-electron chi connectivity index (χ0n) is 12.1. The van der Waals surface area contributed by atoms with Crippen molar-refractivity contribution in [1.29, 1.82) is 0 Å². The van der Waals surface area contributed by atoms with Gasteiger partial charge in [0.15, 0.2) is 0 Å². The van der Waals surface area contributed by atoms with Gasteiger partial charge in [0.25, 0.3) is 5.91 Å². The van der Waals surface area contributed by atoms with Gasteiger partial charge in [-0.25, -0.2) is 0 Å². The van der Waals surface area contributed by atoms with Gasteiger partial charge >= 0.3 is 5.97 Å². The molecule has 5 heteroatoms.